The summed E-state index contributed by atoms with van der Waals surface area (Å²) in [5.41, 5.74) is 2.73. The number of nitrogens with one attached hydrogen (secondary N) is 2. The van der Waals surface area contributed by atoms with Crippen molar-refractivity contribution >= 4 is 34.8 Å². The number of amides is 2. The largest absolute Gasteiger partial charge is 0.484 e. The van der Waals surface area contributed by atoms with Crippen molar-refractivity contribution in [1.29, 1.82) is 0 Å². The van der Waals surface area contributed by atoms with Crippen LogP contribution in [0.15, 0.2) is 72.8 Å². The second kappa shape index (κ2) is 9.06. The molecule has 0 radical (unpaired) electrons. The van der Waals surface area contributed by atoms with Gasteiger partial charge in [-0.05, 0) is 67.1 Å². The summed E-state index contributed by atoms with van der Waals surface area (Å²) in [6, 6.07) is 21.0. The van der Waals surface area contributed by atoms with E-state index in [4.69, 9.17) is 16.3 Å². The van der Waals surface area contributed by atoms with Crippen LogP contribution >= 0.6 is 11.6 Å². The van der Waals surface area contributed by atoms with Gasteiger partial charge in [-0.3, -0.25) is 9.59 Å². The molecule has 6 heteroatoms. The molecule has 28 heavy (non-hydrogen) atoms. The first-order valence-electron chi connectivity index (χ1n) is 8.66. The van der Waals surface area contributed by atoms with E-state index in [0.717, 1.165) is 5.56 Å². The maximum atomic E-state index is 12.3. The summed E-state index contributed by atoms with van der Waals surface area (Å²) in [6.45, 7) is 1.74. The Hall–Kier alpha value is -3.31. The molecule has 142 valence electrons. The Labute approximate surface area is 168 Å². The van der Waals surface area contributed by atoms with Crippen LogP contribution in [-0.4, -0.2) is 18.4 Å². The van der Waals surface area contributed by atoms with Crippen molar-refractivity contribution in [2.75, 3.05) is 17.2 Å². The zero-order valence-corrected chi connectivity index (χ0v) is 16.0. The van der Waals surface area contributed by atoms with Crippen LogP contribution in [0.2, 0.25) is 5.02 Å². The summed E-state index contributed by atoms with van der Waals surface area (Å²) in [6.07, 6.45) is 0. The number of carbonyl (C=O) groups is 2. The van der Waals surface area contributed by atoms with Gasteiger partial charge in [0, 0.05) is 22.0 Å². The van der Waals surface area contributed by atoms with Crippen molar-refractivity contribution < 1.29 is 14.3 Å². The van der Waals surface area contributed by atoms with E-state index in [9.17, 15) is 9.59 Å². The van der Waals surface area contributed by atoms with Crippen LogP contribution in [0.4, 0.5) is 11.4 Å². The van der Waals surface area contributed by atoms with Gasteiger partial charge in [0.2, 0.25) is 0 Å². The summed E-state index contributed by atoms with van der Waals surface area (Å²) in [5.74, 6) is 0.0991. The first-order chi connectivity index (χ1) is 13.5. The van der Waals surface area contributed by atoms with E-state index in [-0.39, 0.29) is 18.4 Å². The topological polar surface area (TPSA) is 67.4 Å². The minimum Gasteiger partial charge on any atom is -0.484 e. The van der Waals surface area contributed by atoms with Crippen LogP contribution in [-0.2, 0) is 4.79 Å². The molecule has 0 aromatic heterocycles. The quantitative estimate of drug-likeness (QED) is 0.623. The van der Waals surface area contributed by atoms with E-state index >= 15 is 0 Å². The van der Waals surface area contributed by atoms with E-state index in [1.807, 2.05) is 25.1 Å². The lowest BCUT2D eigenvalue weighted by Crippen LogP contribution is -2.20. The van der Waals surface area contributed by atoms with Gasteiger partial charge in [-0.1, -0.05) is 29.8 Å². The van der Waals surface area contributed by atoms with Gasteiger partial charge in [0.15, 0.2) is 6.61 Å². The number of carbonyl (C=O) groups excluding carboxylic acids is 2. The molecule has 0 fully saturated rings. The predicted octanol–water partition coefficient (Wildman–Crippen LogP) is 4.92. The average molecular weight is 395 g/mol. The molecule has 0 heterocycles. The molecular weight excluding hydrogens is 376 g/mol. The molecule has 2 amide bonds. The second-order valence-electron chi connectivity index (χ2n) is 6.14. The molecule has 2 N–H and O–H groups in total. The number of benzene rings is 3. The average Bonchev–Trinajstić information content (AvgIpc) is 2.70. The number of anilines is 2. The van der Waals surface area contributed by atoms with E-state index in [1.165, 1.54) is 0 Å². The Bertz CT molecular complexity index is 973. The zero-order chi connectivity index (χ0) is 19.9. The highest BCUT2D eigenvalue weighted by atomic mass is 35.5. The molecule has 5 nitrogen and oxygen atoms in total. The van der Waals surface area contributed by atoms with Crippen molar-refractivity contribution in [3.8, 4) is 5.75 Å². The lowest BCUT2D eigenvalue weighted by molar-refractivity contribution is -0.118. The fraction of sp³-hybridized carbons (Fsp3) is 0.0909. The van der Waals surface area contributed by atoms with E-state index < -0.39 is 0 Å². The van der Waals surface area contributed by atoms with Gasteiger partial charge < -0.3 is 15.4 Å². The van der Waals surface area contributed by atoms with Crippen LogP contribution in [0.1, 0.15) is 15.9 Å². The van der Waals surface area contributed by atoms with Crippen LogP contribution in [0, 0.1) is 6.92 Å². The third kappa shape index (κ3) is 5.34. The van der Waals surface area contributed by atoms with E-state index in [0.29, 0.717) is 27.7 Å². The van der Waals surface area contributed by atoms with Gasteiger partial charge in [0.05, 0.1) is 0 Å². The summed E-state index contributed by atoms with van der Waals surface area (Å²) < 4.78 is 5.42. The second-order valence-corrected chi connectivity index (χ2v) is 6.58. The van der Waals surface area contributed by atoms with Gasteiger partial charge in [0.1, 0.15) is 5.75 Å². The Morgan fingerprint density at radius 2 is 1.64 bits per heavy atom. The van der Waals surface area contributed by atoms with Gasteiger partial charge >= 0.3 is 0 Å². The number of aryl methyl sites for hydroxylation is 1. The molecule has 3 aromatic rings. The molecule has 3 rings (SSSR count). The Kier molecular flexibility index (Phi) is 6.29. The molecule has 0 aliphatic rings. The normalized spacial score (nSPS) is 10.2. The van der Waals surface area contributed by atoms with E-state index in [1.54, 1.807) is 54.6 Å². The van der Waals surface area contributed by atoms with E-state index in [2.05, 4.69) is 10.6 Å². The first-order valence-corrected chi connectivity index (χ1v) is 9.04. The number of hydrogen-bond donors (Lipinski definition) is 2. The molecule has 0 atom stereocenters. The van der Waals surface area contributed by atoms with Crippen molar-refractivity contribution in [3.05, 3.63) is 88.9 Å². The fourth-order valence-corrected chi connectivity index (χ4v) is 2.67. The Balaban J connectivity index is 1.56. The summed E-state index contributed by atoms with van der Waals surface area (Å²) >= 11 is 5.81. The third-order valence-corrected chi connectivity index (χ3v) is 4.23. The molecule has 0 saturated carbocycles. The molecule has 3 aromatic carbocycles. The van der Waals surface area contributed by atoms with Gasteiger partial charge in [0.25, 0.3) is 11.8 Å². The maximum Gasteiger partial charge on any atom is 0.262 e. The highest BCUT2D eigenvalue weighted by molar-refractivity contribution is 6.30. The molecular formula is C22H19ClN2O3. The van der Waals surface area contributed by atoms with Gasteiger partial charge in [-0.15, -0.1) is 0 Å². The summed E-state index contributed by atoms with van der Waals surface area (Å²) in [5, 5.41) is 6.25. The minimum atomic E-state index is -0.282. The van der Waals surface area contributed by atoms with Crippen LogP contribution < -0.4 is 15.4 Å². The Morgan fingerprint density at radius 1 is 0.929 bits per heavy atom. The highest BCUT2D eigenvalue weighted by Gasteiger charge is 2.09. The predicted molar refractivity (Wildman–Crippen MR) is 111 cm³/mol. The van der Waals surface area contributed by atoms with Crippen molar-refractivity contribution in [2.24, 2.45) is 0 Å². The maximum absolute atomic E-state index is 12.3. The number of halogens is 1. The number of ether oxygens (including phenoxy) is 1. The molecule has 0 aliphatic heterocycles. The fourth-order valence-electron chi connectivity index (χ4n) is 2.54. The zero-order valence-electron chi connectivity index (χ0n) is 15.2. The molecule has 0 unspecified atom stereocenters. The summed E-state index contributed by atoms with van der Waals surface area (Å²) in [4.78, 5) is 24.3. The van der Waals surface area contributed by atoms with Gasteiger partial charge in [-0.2, -0.15) is 0 Å². The molecule has 0 spiro atoms. The van der Waals surface area contributed by atoms with Crippen LogP contribution in [0.25, 0.3) is 0 Å². The van der Waals surface area contributed by atoms with Gasteiger partial charge in [-0.25, -0.2) is 0 Å². The smallest absolute Gasteiger partial charge is 0.262 e. The standard InChI is InChI=1S/C22H19ClN2O3/c1-15-13-18(24-21(26)14-28-19-10-7-17(23)8-11-19)9-12-20(15)25-22(27)16-5-3-2-4-6-16/h2-13H,14H2,1H3,(H,24,26)(H,25,27). The first kappa shape index (κ1) is 19.5. The lowest BCUT2D eigenvalue weighted by Gasteiger charge is -2.12. The highest BCUT2D eigenvalue weighted by Crippen LogP contribution is 2.21. The molecule has 0 bridgehead atoms. The number of rotatable bonds is 6. The van der Waals surface area contributed by atoms with Crippen LogP contribution in [0.5, 0.6) is 5.75 Å². The molecule has 0 saturated heterocycles. The SMILES string of the molecule is Cc1cc(NC(=O)COc2ccc(Cl)cc2)ccc1NC(=O)c1ccccc1. The molecule has 0 aliphatic carbocycles. The monoisotopic (exact) mass is 394 g/mol. The van der Waals surface area contributed by atoms with Crippen LogP contribution in [0.3, 0.4) is 0 Å². The minimum absolute atomic E-state index is 0.118. The lowest BCUT2D eigenvalue weighted by atomic mass is 10.1. The summed E-state index contributed by atoms with van der Waals surface area (Å²) in [7, 11) is 0. The van der Waals surface area contributed by atoms with Crippen molar-refractivity contribution in [1.82, 2.24) is 0 Å². The Morgan fingerprint density at radius 3 is 2.32 bits per heavy atom. The van der Waals surface area contributed by atoms with Crippen molar-refractivity contribution in [3.63, 3.8) is 0 Å². The third-order valence-electron chi connectivity index (χ3n) is 3.98. The number of hydrogen-bond acceptors (Lipinski definition) is 3. The van der Waals surface area contributed by atoms with Crippen molar-refractivity contribution in [2.45, 2.75) is 6.92 Å².